The maximum atomic E-state index is 12.0. The summed E-state index contributed by atoms with van der Waals surface area (Å²) in [4.78, 5) is 25.2. The Morgan fingerprint density at radius 2 is 1.84 bits per heavy atom. The van der Waals surface area contributed by atoms with Gasteiger partial charge in [0.25, 0.3) is 5.91 Å². The monoisotopic (exact) mass is 361 g/mol. The van der Waals surface area contributed by atoms with Crippen LogP contribution < -0.4 is 4.74 Å². The van der Waals surface area contributed by atoms with E-state index in [4.69, 9.17) is 9.47 Å². The van der Waals surface area contributed by atoms with Crippen LogP contribution in [0.2, 0.25) is 0 Å². The summed E-state index contributed by atoms with van der Waals surface area (Å²) < 4.78 is 10.4. The molecule has 1 amide bonds. The van der Waals surface area contributed by atoms with Gasteiger partial charge in [-0.1, -0.05) is 26.0 Å². The standard InChI is InChI=1S/C19H23NO4S/c1-14(2)16-4-6-17(7-5-16)23-12-19(22)24-11-18(21)20(3)10-15-8-9-25-13-15/h4-9,13-14H,10-12H2,1-3H3. The second-order valence-corrected chi connectivity index (χ2v) is 6.83. The highest BCUT2D eigenvalue weighted by Gasteiger charge is 2.13. The molecule has 6 heteroatoms. The Morgan fingerprint density at radius 1 is 1.12 bits per heavy atom. The van der Waals surface area contributed by atoms with Gasteiger partial charge in [0.05, 0.1) is 0 Å². The molecule has 5 nitrogen and oxygen atoms in total. The molecule has 0 spiro atoms. The highest BCUT2D eigenvalue weighted by Crippen LogP contribution is 2.18. The number of carbonyl (C=O) groups excluding carboxylic acids is 2. The Hall–Kier alpha value is -2.34. The molecule has 0 aliphatic carbocycles. The molecular weight excluding hydrogens is 338 g/mol. The van der Waals surface area contributed by atoms with Crippen LogP contribution in [0.15, 0.2) is 41.1 Å². The van der Waals surface area contributed by atoms with E-state index in [0.717, 1.165) is 5.56 Å². The van der Waals surface area contributed by atoms with Gasteiger partial charge in [-0.2, -0.15) is 11.3 Å². The van der Waals surface area contributed by atoms with Gasteiger partial charge in [0.2, 0.25) is 0 Å². The largest absolute Gasteiger partial charge is 0.482 e. The first-order valence-corrected chi connectivity index (χ1v) is 9.03. The van der Waals surface area contributed by atoms with Gasteiger partial charge in [0.15, 0.2) is 13.2 Å². The van der Waals surface area contributed by atoms with Crippen molar-refractivity contribution < 1.29 is 19.1 Å². The fourth-order valence-electron chi connectivity index (χ4n) is 2.13. The predicted octanol–water partition coefficient (Wildman–Crippen LogP) is 3.45. The normalized spacial score (nSPS) is 10.6. The van der Waals surface area contributed by atoms with Crippen LogP contribution in [-0.2, 0) is 20.9 Å². The topological polar surface area (TPSA) is 55.8 Å². The molecular formula is C19H23NO4S. The van der Waals surface area contributed by atoms with Crippen molar-refractivity contribution in [2.45, 2.75) is 26.3 Å². The van der Waals surface area contributed by atoms with Gasteiger partial charge in [-0.15, -0.1) is 0 Å². The smallest absolute Gasteiger partial charge is 0.344 e. The molecule has 0 bridgehead atoms. The fraction of sp³-hybridized carbons (Fsp3) is 0.368. The van der Waals surface area contributed by atoms with Gasteiger partial charge >= 0.3 is 5.97 Å². The minimum Gasteiger partial charge on any atom is -0.482 e. The van der Waals surface area contributed by atoms with E-state index in [9.17, 15) is 9.59 Å². The number of ether oxygens (including phenoxy) is 2. The van der Waals surface area contributed by atoms with Gasteiger partial charge in [-0.05, 0) is 46.0 Å². The van der Waals surface area contributed by atoms with E-state index >= 15 is 0 Å². The summed E-state index contributed by atoms with van der Waals surface area (Å²) in [6.07, 6.45) is 0. The molecule has 1 aromatic heterocycles. The fourth-order valence-corrected chi connectivity index (χ4v) is 2.79. The molecule has 0 N–H and O–H groups in total. The van der Waals surface area contributed by atoms with Crippen LogP contribution in [0.5, 0.6) is 5.75 Å². The van der Waals surface area contributed by atoms with Crippen LogP contribution >= 0.6 is 11.3 Å². The molecule has 2 aromatic rings. The molecule has 1 aromatic carbocycles. The second-order valence-electron chi connectivity index (χ2n) is 6.05. The van der Waals surface area contributed by atoms with Gasteiger partial charge in [-0.3, -0.25) is 4.79 Å². The molecule has 0 saturated carbocycles. The number of benzene rings is 1. The molecule has 0 fully saturated rings. The van der Waals surface area contributed by atoms with E-state index in [0.29, 0.717) is 18.2 Å². The lowest BCUT2D eigenvalue weighted by molar-refractivity contribution is -0.153. The third-order valence-electron chi connectivity index (χ3n) is 3.69. The summed E-state index contributed by atoms with van der Waals surface area (Å²) >= 11 is 1.58. The number of carbonyl (C=O) groups is 2. The Kier molecular flexibility index (Phi) is 7.01. The van der Waals surface area contributed by atoms with Gasteiger partial charge in [0.1, 0.15) is 5.75 Å². The average molecular weight is 361 g/mol. The van der Waals surface area contributed by atoms with Gasteiger partial charge in [-0.25, -0.2) is 4.79 Å². The van der Waals surface area contributed by atoms with Crippen LogP contribution in [0.4, 0.5) is 0 Å². The lowest BCUT2D eigenvalue weighted by Crippen LogP contribution is -2.31. The van der Waals surface area contributed by atoms with Crippen molar-refractivity contribution in [3.63, 3.8) is 0 Å². The van der Waals surface area contributed by atoms with Crippen LogP contribution in [0.1, 0.15) is 30.9 Å². The van der Waals surface area contributed by atoms with E-state index in [1.807, 2.05) is 41.1 Å². The number of likely N-dealkylation sites (N-methyl/N-ethyl adjacent to an activating group) is 1. The first-order valence-electron chi connectivity index (χ1n) is 8.09. The van der Waals surface area contributed by atoms with Crippen molar-refractivity contribution in [1.82, 2.24) is 4.90 Å². The molecule has 1 heterocycles. The Labute approximate surface area is 152 Å². The highest BCUT2D eigenvalue weighted by molar-refractivity contribution is 7.07. The zero-order valence-electron chi connectivity index (χ0n) is 14.7. The molecule has 134 valence electrons. The quantitative estimate of drug-likeness (QED) is 0.676. The van der Waals surface area contributed by atoms with Crippen molar-refractivity contribution in [3.05, 3.63) is 52.2 Å². The lowest BCUT2D eigenvalue weighted by atomic mass is 10.0. The number of esters is 1. The minimum atomic E-state index is -0.565. The maximum absolute atomic E-state index is 12.0. The average Bonchev–Trinajstić information content (AvgIpc) is 3.11. The summed E-state index contributed by atoms with van der Waals surface area (Å²) in [7, 11) is 1.68. The minimum absolute atomic E-state index is 0.220. The lowest BCUT2D eigenvalue weighted by Gasteiger charge is -2.16. The summed E-state index contributed by atoms with van der Waals surface area (Å²) in [6.45, 7) is 4.22. The molecule has 25 heavy (non-hydrogen) atoms. The molecule has 2 rings (SSSR count). The van der Waals surface area contributed by atoms with Crippen molar-refractivity contribution in [2.75, 3.05) is 20.3 Å². The van der Waals surface area contributed by atoms with Crippen LogP contribution in [0.3, 0.4) is 0 Å². The summed E-state index contributed by atoms with van der Waals surface area (Å²) in [5.41, 5.74) is 2.26. The van der Waals surface area contributed by atoms with E-state index in [1.165, 1.54) is 10.5 Å². The van der Waals surface area contributed by atoms with Crippen molar-refractivity contribution in [3.8, 4) is 5.75 Å². The summed E-state index contributed by atoms with van der Waals surface area (Å²) in [5.74, 6) is 0.226. The van der Waals surface area contributed by atoms with E-state index < -0.39 is 5.97 Å². The number of rotatable bonds is 8. The molecule has 0 atom stereocenters. The molecule has 0 aliphatic heterocycles. The molecule has 0 aliphatic rings. The van der Waals surface area contributed by atoms with Crippen molar-refractivity contribution in [1.29, 1.82) is 0 Å². The molecule has 0 saturated heterocycles. The zero-order chi connectivity index (χ0) is 18.2. The second kappa shape index (κ2) is 9.22. The number of thiophene rings is 1. The summed E-state index contributed by atoms with van der Waals surface area (Å²) in [5, 5.41) is 3.94. The summed E-state index contributed by atoms with van der Waals surface area (Å²) in [6, 6.07) is 9.53. The number of hydrogen-bond acceptors (Lipinski definition) is 5. The Bertz CT molecular complexity index is 680. The zero-order valence-corrected chi connectivity index (χ0v) is 15.5. The number of hydrogen-bond donors (Lipinski definition) is 0. The van der Waals surface area contributed by atoms with E-state index in [1.54, 1.807) is 18.4 Å². The SMILES string of the molecule is CC(C)c1ccc(OCC(=O)OCC(=O)N(C)Cc2ccsc2)cc1. The molecule has 0 unspecified atom stereocenters. The Morgan fingerprint density at radius 3 is 2.44 bits per heavy atom. The van der Waals surface area contributed by atoms with E-state index in [2.05, 4.69) is 13.8 Å². The number of amides is 1. The van der Waals surface area contributed by atoms with E-state index in [-0.39, 0.29) is 19.1 Å². The first-order chi connectivity index (χ1) is 12.0. The van der Waals surface area contributed by atoms with Crippen LogP contribution in [-0.4, -0.2) is 37.0 Å². The van der Waals surface area contributed by atoms with Crippen LogP contribution in [0, 0.1) is 0 Å². The third-order valence-corrected chi connectivity index (χ3v) is 4.42. The predicted molar refractivity (Wildman–Crippen MR) is 97.8 cm³/mol. The molecule has 0 radical (unpaired) electrons. The first kappa shape index (κ1) is 19.0. The maximum Gasteiger partial charge on any atom is 0.344 e. The van der Waals surface area contributed by atoms with Crippen molar-refractivity contribution >= 4 is 23.2 Å². The Balaban J connectivity index is 1.70. The van der Waals surface area contributed by atoms with Crippen molar-refractivity contribution in [2.24, 2.45) is 0 Å². The van der Waals surface area contributed by atoms with Gasteiger partial charge < -0.3 is 14.4 Å². The number of nitrogens with zero attached hydrogens (tertiary/aromatic N) is 1. The third kappa shape index (κ3) is 6.23. The van der Waals surface area contributed by atoms with Gasteiger partial charge in [0, 0.05) is 13.6 Å². The van der Waals surface area contributed by atoms with Crippen LogP contribution in [0.25, 0.3) is 0 Å². The highest BCUT2D eigenvalue weighted by atomic mass is 32.1.